The van der Waals surface area contributed by atoms with Crippen LogP contribution in [0.2, 0.25) is 0 Å². The van der Waals surface area contributed by atoms with E-state index < -0.39 is 0 Å². The van der Waals surface area contributed by atoms with Crippen molar-refractivity contribution in [1.82, 2.24) is 15.5 Å². The summed E-state index contributed by atoms with van der Waals surface area (Å²) in [4.78, 5) is 14.4. The van der Waals surface area contributed by atoms with E-state index in [-0.39, 0.29) is 6.03 Å². The SMILES string of the molecule is CCN(C(=O)NC1CCC1)C1CC2CCC(C1)N2. The highest BCUT2D eigenvalue weighted by Crippen LogP contribution is 2.30. The van der Waals surface area contributed by atoms with E-state index in [4.69, 9.17) is 0 Å². The first-order valence-electron chi connectivity index (χ1n) is 7.59. The molecule has 2 amide bonds. The van der Waals surface area contributed by atoms with Crippen molar-refractivity contribution in [3.63, 3.8) is 0 Å². The van der Waals surface area contributed by atoms with Crippen molar-refractivity contribution < 1.29 is 4.79 Å². The van der Waals surface area contributed by atoms with Crippen LogP contribution in [0.4, 0.5) is 4.79 Å². The number of fused-ring (bicyclic) bond motifs is 2. The second-order valence-corrected chi connectivity index (χ2v) is 6.13. The van der Waals surface area contributed by atoms with E-state index >= 15 is 0 Å². The number of carbonyl (C=O) groups is 1. The first kappa shape index (κ1) is 12.3. The van der Waals surface area contributed by atoms with Gasteiger partial charge < -0.3 is 15.5 Å². The molecular formula is C14H25N3O. The van der Waals surface area contributed by atoms with Crippen molar-refractivity contribution in [1.29, 1.82) is 0 Å². The highest BCUT2D eigenvalue weighted by molar-refractivity contribution is 5.75. The average molecular weight is 251 g/mol. The number of urea groups is 1. The lowest BCUT2D eigenvalue weighted by atomic mass is 9.93. The van der Waals surface area contributed by atoms with Crippen LogP contribution in [-0.4, -0.2) is 41.6 Å². The number of nitrogens with one attached hydrogen (secondary N) is 2. The van der Waals surface area contributed by atoms with Crippen molar-refractivity contribution in [3.05, 3.63) is 0 Å². The smallest absolute Gasteiger partial charge is 0.317 e. The van der Waals surface area contributed by atoms with E-state index in [1.165, 1.54) is 32.1 Å². The molecule has 2 atom stereocenters. The Morgan fingerprint density at radius 3 is 2.39 bits per heavy atom. The monoisotopic (exact) mass is 251 g/mol. The number of nitrogens with zero attached hydrogens (tertiary/aromatic N) is 1. The molecule has 0 aromatic heterocycles. The summed E-state index contributed by atoms with van der Waals surface area (Å²) in [6.07, 6.45) is 8.48. The fourth-order valence-electron chi connectivity index (χ4n) is 3.66. The summed E-state index contributed by atoms with van der Waals surface area (Å²) in [6, 6.07) is 2.38. The van der Waals surface area contributed by atoms with Crippen LogP contribution in [-0.2, 0) is 0 Å². The number of hydrogen-bond donors (Lipinski definition) is 2. The van der Waals surface area contributed by atoms with Crippen LogP contribution in [0, 0.1) is 0 Å². The van der Waals surface area contributed by atoms with Crippen LogP contribution in [0.25, 0.3) is 0 Å². The van der Waals surface area contributed by atoms with Gasteiger partial charge >= 0.3 is 6.03 Å². The number of carbonyl (C=O) groups excluding carboxylic acids is 1. The van der Waals surface area contributed by atoms with Crippen molar-refractivity contribution in [3.8, 4) is 0 Å². The van der Waals surface area contributed by atoms with Crippen LogP contribution in [0.5, 0.6) is 0 Å². The molecular weight excluding hydrogens is 226 g/mol. The third-order valence-electron chi connectivity index (χ3n) is 4.92. The largest absolute Gasteiger partial charge is 0.335 e. The van der Waals surface area contributed by atoms with Crippen molar-refractivity contribution in [2.75, 3.05) is 6.54 Å². The number of rotatable bonds is 3. The van der Waals surface area contributed by atoms with Gasteiger partial charge in [0.2, 0.25) is 0 Å². The maximum Gasteiger partial charge on any atom is 0.317 e. The Morgan fingerprint density at radius 2 is 1.89 bits per heavy atom. The van der Waals surface area contributed by atoms with Gasteiger partial charge in [-0.2, -0.15) is 0 Å². The fourth-order valence-corrected chi connectivity index (χ4v) is 3.66. The van der Waals surface area contributed by atoms with E-state index in [0.29, 0.717) is 24.2 Å². The van der Waals surface area contributed by atoms with Crippen molar-refractivity contribution in [2.45, 2.75) is 76.0 Å². The molecule has 0 radical (unpaired) electrons. The predicted molar refractivity (Wildman–Crippen MR) is 71.5 cm³/mol. The lowest BCUT2D eigenvalue weighted by Crippen LogP contribution is -2.55. The quantitative estimate of drug-likeness (QED) is 0.804. The van der Waals surface area contributed by atoms with E-state index in [0.717, 1.165) is 19.4 Å². The molecule has 4 nitrogen and oxygen atoms in total. The molecule has 0 aromatic rings. The number of amides is 2. The molecule has 2 bridgehead atoms. The highest BCUT2D eigenvalue weighted by Gasteiger charge is 2.37. The van der Waals surface area contributed by atoms with Crippen LogP contribution in [0.15, 0.2) is 0 Å². The second kappa shape index (κ2) is 5.08. The molecule has 2 heterocycles. The number of piperidine rings is 1. The van der Waals surface area contributed by atoms with Crippen LogP contribution >= 0.6 is 0 Å². The molecule has 4 heteroatoms. The van der Waals surface area contributed by atoms with Gasteiger partial charge in [-0.25, -0.2) is 4.79 Å². The first-order valence-corrected chi connectivity index (χ1v) is 7.59. The summed E-state index contributed by atoms with van der Waals surface area (Å²) in [7, 11) is 0. The minimum Gasteiger partial charge on any atom is -0.335 e. The molecule has 3 aliphatic rings. The topological polar surface area (TPSA) is 44.4 Å². The van der Waals surface area contributed by atoms with E-state index in [9.17, 15) is 4.79 Å². The third-order valence-corrected chi connectivity index (χ3v) is 4.92. The molecule has 18 heavy (non-hydrogen) atoms. The molecule has 2 N–H and O–H groups in total. The van der Waals surface area contributed by atoms with Crippen LogP contribution in [0.3, 0.4) is 0 Å². The second-order valence-electron chi connectivity index (χ2n) is 6.13. The van der Waals surface area contributed by atoms with Crippen LogP contribution in [0.1, 0.15) is 51.9 Å². The minimum absolute atomic E-state index is 0.175. The Bertz CT molecular complexity index is 304. The molecule has 2 aliphatic heterocycles. The molecule has 2 saturated heterocycles. The van der Waals surface area contributed by atoms with Gasteiger partial charge in [-0.1, -0.05) is 0 Å². The standard InChI is InChI=1S/C14H25N3O/c1-2-17(14(18)16-10-4-3-5-10)13-8-11-6-7-12(9-13)15-11/h10-13,15H,2-9H2,1H3,(H,16,18). The Balaban J connectivity index is 1.58. The van der Waals surface area contributed by atoms with Crippen molar-refractivity contribution in [2.24, 2.45) is 0 Å². The molecule has 102 valence electrons. The van der Waals surface area contributed by atoms with E-state index in [1.807, 2.05) is 0 Å². The van der Waals surface area contributed by atoms with Gasteiger partial charge in [0.15, 0.2) is 0 Å². The lowest BCUT2D eigenvalue weighted by molar-refractivity contribution is 0.143. The zero-order chi connectivity index (χ0) is 12.5. The Labute approximate surface area is 109 Å². The van der Waals surface area contributed by atoms with Gasteiger partial charge in [0, 0.05) is 30.7 Å². The Kier molecular flexibility index (Phi) is 3.46. The van der Waals surface area contributed by atoms with Crippen molar-refractivity contribution >= 4 is 6.03 Å². The van der Waals surface area contributed by atoms with Crippen LogP contribution < -0.4 is 10.6 Å². The third kappa shape index (κ3) is 2.35. The Hall–Kier alpha value is -0.770. The maximum absolute atomic E-state index is 12.3. The van der Waals surface area contributed by atoms with Gasteiger partial charge in [0.05, 0.1) is 0 Å². The fraction of sp³-hybridized carbons (Fsp3) is 0.929. The summed E-state index contributed by atoms with van der Waals surface area (Å²) in [5.74, 6) is 0. The minimum atomic E-state index is 0.175. The zero-order valence-electron chi connectivity index (χ0n) is 11.3. The van der Waals surface area contributed by atoms with E-state index in [2.05, 4.69) is 22.5 Å². The number of hydrogen-bond acceptors (Lipinski definition) is 2. The summed E-state index contributed by atoms with van der Waals surface area (Å²) >= 11 is 0. The molecule has 0 spiro atoms. The molecule has 0 aromatic carbocycles. The summed E-state index contributed by atoms with van der Waals surface area (Å²) in [6.45, 7) is 2.94. The summed E-state index contributed by atoms with van der Waals surface area (Å²) in [5.41, 5.74) is 0. The predicted octanol–water partition coefficient (Wildman–Crippen LogP) is 1.85. The van der Waals surface area contributed by atoms with Gasteiger partial charge in [0.25, 0.3) is 0 Å². The van der Waals surface area contributed by atoms with E-state index in [1.54, 1.807) is 0 Å². The molecule has 2 unspecified atom stereocenters. The van der Waals surface area contributed by atoms with Gasteiger partial charge in [-0.15, -0.1) is 0 Å². The summed E-state index contributed by atoms with van der Waals surface area (Å²) < 4.78 is 0. The normalized spacial score (nSPS) is 35.1. The Morgan fingerprint density at radius 1 is 1.22 bits per heavy atom. The highest BCUT2D eigenvalue weighted by atomic mass is 16.2. The summed E-state index contributed by atoms with van der Waals surface area (Å²) in [5, 5.41) is 6.82. The maximum atomic E-state index is 12.3. The average Bonchev–Trinajstić information content (AvgIpc) is 2.64. The van der Waals surface area contributed by atoms with Gasteiger partial charge in [0.1, 0.15) is 0 Å². The molecule has 1 aliphatic carbocycles. The molecule has 3 rings (SSSR count). The van der Waals surface area contributed by atoms with Gasteiger partial charge in [-0.05, 0) is 51.9 Å². The van der Waals surface area contributed by atoms with Gasteiger partial charge in [-0.3, -0.25) is 0 Å². The zero-order valence-corrected chi connectivity index (χ0v) is 11.3. The first-order chi connectivity index (χ1) is 8.76. The lowest BCUT2D eigenvalue weighted by Gasteiger charge is -2.39. The molecule has 3 fully saturated rings. The molecule has 1 saturated carbocycles.